The predicted octanol–water partition coefficient (Wildman–Crippen LogP) is 1.95. The second kappa shape index (κ2) is 4.58. The molecule has 1 N–H and O–H groups in total. The number of hydrogen-bond donors (Lipinski definition) is 1. The van der Waals surface area contributed by atoms with E-state index in [9.17, 15) is 4.79 Å². The van der Waals surface area contributed by atoms with E-state index < -0.39 is 5.97 Å². The van der Waals surface area contributed by atoms with E-state index in [2.05, 4.69) is 19.8 Å². The highest BCUT2D eigenvalue weighted by Crippen LogP contribution is 2.23. The number of benzene rings is 1. The second-order valence-corrected chi connectivity index (χ2v) is 4.19. The minimum Gasteiger partial charge on any atom is -0.478 e. The van der Waals surface area contributed by atoms with Crippen molar-refractivity contribution in [1.82, 2.24) is 19.8 Å². The molecule has 2 aromatic heterocycles. The standard InChI is InChI=1S/C11H6N4O3S/c16-11(17)7-3-1-6(2-4-7)9-13-14-10(18-9)8-5-19-15-12-8/h1-5H,(H,16,17). The molecule has 0 saturated carbocycles. The highest BCUT2D eigenvalue weighted by atomic mass is 32.1. The fraction of sp³-hybridized carbons (Fsp3) is 0. The highest BCUT2D eigenvalue weighted by Gasteiger charge is 2.13. The molecule has 0 aliphatic carbocycles. The first-order valence-electron chi connectivity index (χ1n) is 5.19. The molecule has 7 nitrogen and oxygen atoms in total. The van der Waals surface area contributed by atoms with Gasteiger partial charge >= 0.3 is 5.97 Å². The Bertz CT molecular complexity index is 706. The summed E-state index contributed by atoms with van der Waals surface area (Å²) in [7, 11) is 0. The largest absolute Gasteiger partial charge is 0.478 e. The van der Waals surface area contributed by atoms with Crippen LogP contribution >= 0.6 is 11.5 Å². The Morgan fingerprint density at radius 1 is 1.11 bits per heavy atom. The van der Waals surface area contributed by atoms with Gasteiger partial charge in [0, 0.05) is 10.9 Å². The molecule has 0 radical (unpaired) electrons. The van der Waals surface area contributed by atoms with Crippen molar-refractivity contribution in [3.05, 3.63) is 35.2 Å². The van der Waals surface area contributed by atoms with Gasteiger partial charge in [0.25, 0.3) is 5.89 Å². The van der Waals surface area contributed by atoms with Crippen molar-refractivity contribution in [1.29, 1.82) is 0 Å². The zero-order valence-electron chi connectivity index (χ0n) is 9.35. The van der Waals surface area contributed by atoms with Gasteiger partial charge in [-0.2, -0.15) is 0 Å². The van der Waals surface area contributed by atoms with Crippen LogP contribution in [0.3, 0.4) is 0 Å². The van der Waals surface area contributed by atoms with Crippen LogP contribution in [0.25, 0.3) is 23.0 Å². The maximum Gasteiger partial charge on any atom is 0.335 e. The average molecular weight is 274 g/mol. The summed E-state index contributed by atoms with van der Waals surface area (Å²) in [4.78, 5) is 10.7. The van der Waals surface area contributed by atoms with Crippen LogP contribution in [0, 0.1) is 0 Å². The van der Waals surface area contributed by atoms with E-state index in [-0.39, 0.29) is 11.5 Å². The first kappa shape index (κ1) is 11.5. The molecule has 19 heavy (non-hydrogen) atoms. The number of carboxylic acid groups (broad SMARTS) is 1. The first-order valence-corrected chi connectivity index (χ1v) is 6.02. The van der Waals surface area contributed by atoms with Gasteiger partial charge in [0.2, 0.25) is 5.89 Å². The van der Waals surface area contributed by atoms with Crippen molar-refractivity contribution in [2.24, 2.45) is 0 Å². The fourth-order valence-electron chi connectivity index (χ4n) is 1.46. The van der Waals surface area contributed by atoms with E-state index in [1.807, 2.05) is 0 Å². The summed E-state index contributed by atoms with van der Waals surface area (Å²) >= 11 is 1.19. The quantitative estimate of drug-likeness (QED) is 0.778. The molecule has 0 saturated heterocycles. The summed E-state index contributed by atoms with van der Waals surface area (Å²) in [5.41, 5.74) is 1.37. The molecule has 0 spiro atoms. The molecule has 0 bridgehead atoms. The van der Waals surface area contributed by atoms with Crippen LogP contribution in [0.4, 0.5) is 0 Å². The number of carbonyl (C=O) groups is 1. The van der Waals surface area contributed by atoms with E-state index in [1.165, 1.54) is 23.7 Å². The SMILES string of the molecule is O=C(O)c1ccc(-c2nnc(-c3csnn3)o2)cc1. The minimum atomic E-state index is -0.980. The van der Waals surface area contributed by atoms with Crippen molar-refractivity contribution >= 4 is 17.5 Å². The fourth-order valence-corrected chi connectivity index (χ4v) is 1.89. The summed E-state index contributed by atoms with van der Waals surface area (Å²) in [5.74, 6) is -0.391. The van der Waals surface area contributed by atoms with E-state index >= 15 is 0 Å². The maximum absolute atomic E-state index is 10.7. The third-order valence-electron chi connectivity index (χ3n) is 2.38. The summed E-state index contributed by atoms with van der Waals surface area (Å²) in [6.07, 6.45) is 0. The molecular weight excluding hydrogens is 268 g/mol. The van der Waals surface area contributed by atoms with E-state index in [0.29, 0.717) is 17.1 Å². The van der Waals surface area contributed by atoms with Gasteiger partial charge in [-0.15, -0.1) is 15.3 Å². The van der Waals surface area contributed by atoms with Gasteiger partial charge in [-0.25, -0.2) is 4.79 Å². The number of nitrogens with zero attached hydrogens (tertiary/aromatic N) is 4. The molecule has 0 unspecified atom stereocenters. The zero-order valence-corrected chi connectivity index (χ0v) is 10.2. The van der Waals surface area contributed by atoms with Gasteiger partial charge in [-0.05, 0) is 35.8 Å². The topological polar surface area (TPSA) is 102 Å². The molecular formula is C11H6N4O3S. The lowest BCUT2D eigenvalue weighted by Gasteiger charge is -1.96. The molecule has 2 heterocycles. The van der Waals surface area contributed by atoms with Gasteiger partial charge in [-0.3, -0.25) is 0 Å². The Labute approximate surface area is 110 Å². The zero-order chi connectivity index (χ0) is 13.2. The minimum absolute atomic E-state index is 0.201. The summed E-state index contributed by atoms with van der Waals surface area (Å²) < 4.78 is 9.16. The molecule has 3 aromatic rings. The lowest BCUT2D eigenvalue weighted by molar-refractivity contribution is 0.0697. The van der Waals surface area contributed by atoms with Gasteiger partial charge in [0.15, 0.2) is 5.69 Å². The average Bonchev–Trinajstić information content (AvgIpc) is 3.10. The lowest BCUT2D eigenvalue weighted by atomic mass is 10.1. The lowest BCUT2D eigenvalue weighted by Crippen LogP contribution is -1.94. The Morgan fingerprint density at radius 2 is 1.84 bits per heavy atom. The molecule has 3 rings (SSSR count). The summed E-state index contributed by atoms with van der Waals surface area (Å²) in [6.45, 7) is 0. The van der Waals surface area contributed by atoms with E-state index in [0.717, 1.165) is 0 Å². The molecule has 0 fully saturated rings. The molecule has 94 valence electrons. The van der Waals surface area contributed by atoms with Crippen LogP contribution < -0.4 is 0 Å². The molecule has 0 aliphatic rings. The summed E-state index contributed by atoms with van der Waals surface area (Å²) in [5, 5.41) is 22.1. The summed E-state index contributed by atoms with van der Waals surface area (Å²) in [6, 6.07) is 6.18. The molecule has 0 atom stereocenters. The normalized spacial score (nSPS) is 10.5. The number of rotatable bonds is 3. The van der Waals surface area contributed by atoms with Crippen molar-refractivity contribution in [2.45, 2.75) is 0 Å². The monoisotopic (exact) mass is 274 g/mol. The Balaban J connectivity index is 1.92. The van der Waals surface area contributed by atoms with Crippen LogP contribution in [0.5, 0.6) is 0 Å². The van der Waals surface area contributed by atoms with Crippen LogP contribution in [0.15, 0.2) is 34.1 Å². The maximum atomic E-state index is 10.7. The van der Waals surface area contributed by atoms with Crippen LogP contribution in [0.2, 0.25) is 0 Å². The Morgan fingerprint density at radius 3 is 2.47 bits per heavy atom. The molecule has 0 amide bonds. The first-order chi connectivity index (χ1) is 9.24. The molecule has 1 aromatic carbocycles. The van der Waals surface area contributed by atoms with Crippen molar-refractivity contribution in [3.8, 4) is 23.0 Å². The number of aromatic nitrogens is 4. The highest BCUT2D eigenvalue weighted by molar-refractivity contribution is 7.03. The Hall–Kier alpha value is -2.61. The smallest absolute Gasteiger partial charge is 0.335 e. The van der Waals surface area contributed by atoms with Crippen molar-refractivity contribution in [2.75, 3.05) is 0 Å². The van der Waals surface area contributed by atoms with Crippen LogP contribution in [-0.4, -0.2) is 30.9 Å². The van der Waals surface area contributed by atoms with Crippen molar-refractivity contribution < 1.29 is 14.3 Å². The number of carboxylic acids is 1. The third-order valence-corrected chi connectivity index (χ3v) is 2.89. The van der Waals surface area contributed by atoms with E-state index in [4.69, 9.17) is 9.52 Å². The number of aromatic carboxylic acids is 1. The van der Waals surface area contributed by atoms with Gasteiger partial charge < -0.3 is 9.52 Å². The predicted molar refractivity (Wildman–Crippen MR) is 65.6 cm³/mol. The Kier molecular flexibility index (Phi) is 2.76. The molecule has 0 aliphatic heterocycles. The number of hydrogen-bond acceptors (Lipinski definition) is 7. The van der Waals surface area contributed by atoms with Gasteiger partial charge in [-0.1, -0.05) is 4.49 Å². The van der Waals surface area contributed by atoms with Gasteiger partial charge in [0.1, 0.15) is 0 Å². The van der Waals surface area contributed by atoms with Crippen LogP contribution in [0.1, 0.15) is 10.4 Å². The second-order valence-electron chi connectivity index (χ2n) is 3.59. The van der Waals surface area contributed by atoms with E-state index in [1.54, 1.807) is 17.5 Å². The molecule has 8 heteroatoms. The van der Waals surface area contributed by atoms with Crippen LogP contribution in [-0.2, 0) is 0 Å². The van der Waals surface area contributed by atoms with Gasteiger partial charge in [0.05, 0.1) is 5.56 Å². The van der Waals surface area contributed by atoms with Crippen molar-refractivity contribution in [3.63, 3.8) is 0 Å². The third kappa shape index (κ3) is 2.20.